The molecule has 1 saturated heterocycles. The smallest absolute Gasteiger partial charge is 0.326 e. The Bertz CT molecular complexity index is 1880. The normalized spacial score (nSPS) is 14.7. The zero-order chi connectivity index (χ0) is 51.8. The second-order valence-electron chi connectivity index (χ2n) is 16.6. The Balaban J connectivity index is 1.70. The van der Waals surface area contributed by atoms with Gasteiger partial charge >= 0.3 is 35.9 Å². The molecule has 1 aliphatic rings. The molecule has 3 atom stereocenters. The zero-order valence-corrected chi connectivity index (χ0v) is 39.2. The van der Waals surface area contributed by atoms with Crippen molar-refractivity contribution in [2.24, 2.45) is 0 Å². The fourth-order valence-corrected chi connectivity index (χ4v) is 7.06. The van der Waals surface area contributed by atoms with Crippen LogP contribution in [0.1, 0.15) is 69.8 Å². The van der Waals surface area contributed by atoms with Crippen LogP contribution in [0.3, 0.4) is 0 Å². The van der Waals surface area contributed by atoms with Crippen LogP contribution in [-0.4, -0.2) is 209 Å². The van der Waals surface area contributed by atoms with Gasteiger partial charge in [0.05, 0.1) is 26.2 Å². The Kier molecular flexibility index (Phi) is 28.4. The number of benzene rings is 1. The molecule has 0 saturated carbocycles. The number of hydrogen-bond acceptors (Lipinski definition) is 14. The fraction of sp³-hybridized carbons (Fsp3) is 0.614. The third kappa shape index (κ3) is 27.8. The molecule has 0 radical (unpaired) electrons. The number of nitrogens with one attached hydrogen (secondary N) is 7. The molecule has 1 aromatic carbocycles. The topological polar surface area (TPSA) is 383 Å². The second kappa shape index (κ2) is 33.5. The maximum absolute atomic E-state index is 13.2. The molecule has 0 aliphatic carbocycles. The van der Waals surface area contributed by atoms with E-state index in [0.717, 1.165) is 12.0 Å². The van der Waals surface area contributed by atoms with Crippen LogP contribution in [0.15, 0.2) is 30.3 Å². The molecular weight excluding hydrogens is 925 g/mol. The van der Waals surface area contributed by atoms with Gasteiger partial charge in [-0.25, -0.2) is 14.4 Å². The maximum Gasteiger partial charge on any atom is 0.326 e. The summed E-state index contributed by atoms with van der Waals surface area (Å²) in [6, 6.07) is 3.79. The van der Waals surface area contributed by atoms with Gasteiger partial charge in [-0.1, -0.05) is 49.6 Å². The van der Waals surface area contributed by atoms with Crippen LogP contribution in [0.2, 0.25) is 0 Å². The van der Waals surface area contributed by atoms with Gasteiger partial charge in [-0.3, -0.25) is 53.1 Å². The molecule has 1 aromatic rings. The van der Waals surface area contributed by atoms with Crippen molar-refractivity contribution < 1.29 is 78.3 Å². The molecule has 26 heteroatoms. The van der Waals surface area contributed by atoms with E-state index in [1.165, 1.54) is 0 Å². The Morgan fingerprint density at radius 1 is 0.457 bits per heavy atom. The predicted octanol–water partition coefficient (Wildman–Crippen LogP) is -2.54. The molecule has 70 heavy (non-hydrogen) atoms. The Morgan fingerprint density at radius 2 is 0.943 bits per heavy atom. The van der Waals surface area contributed by atoms with Crippen LogP contribution >= 0.6 is 0 Å². The number of carbonyl (C=O) groups excluding carboxylic acids is 6. The molecule has 1 aliphatic heterocycles. The Hall–Kier alpha value is -6.93. The van der Waals surface area contributed by atoms with E-state index in [-0.39, 0.29) is 76.8 Å². The van der Waals surface area contributed by atoms with Crippen LogP contribution in [0.5, 0.6) is 0 Å². The van der Waals surface area contributed by atoms with Crippen molar-refractivity contribution in [2.75, 3.05) is 85.1 Å². The van der Waals surface area contributed by atoms with Gasteiger partial charge < -0.3 is 62.8 Å². The van der Waals surface area contributed by atoms with Crippen LogP contribution in [-0.2, 0) is 54.4 Å². The molecule has 0 bridgehead atoms. The quantitative estimate of drug-likeness (QED) is 0.0323. The van der Waals surface area contributed by atoms with Crippen LogP contribution < -0.4 is 37.2 Å². The van der Waals surface area contributed by atoms with Gasteiger partial charge in [0.2, 0.25) is 29.5 Å². The molecule has 7 amide bonds. The van der Waals surface area contributed by atoms with Crippen molar-refractivity contribution in [2.45, 2.75) is 88.8 Å². The first-order valence-electron chi connectivity index (χ1n) is 23.1. The summed E-state index contributed by atoms with van der Waals surface area (Å²) in [5.74, 6) is -8.54. The number of rotatable bonds is 33. The lowest BCUT2D eigenvalue weighted by Crippen LogP contribution is -2.51. The van der Waals surface area contributed by atoms with E-state index in [4.69, 9.17) is 5.11 Å². The molecule has 1 heterocycles. The molecule has 2 unspecified atom stereocenters. The molecule has 26 nitrogen and oxygen atoms in total. The van der Waals surface area contributed by atoms with Gasteiger partial charge in [-0.2, -0.15) is 0 Å². The summed E-state index contributed by atoms with van der Waals surface area (Å²) in [5, 5.41) is 63.3. The van der Waals surface area contributed by atoms with Crippen molar-refractivity contribution in [1.29, 1.82) is 0 Å². The van der Waals surface area contributed by atoms with Crippen molar-refractivity contribution >= 4 is 65.4 Å². The van der Waals surface area contributed by atoms with E-state index >= 15 is 0 Å². The number of urea groups is 1. The van der Waals surface area contributed by atoms with E-state index in [0.29, 0.717) is 65.0 Å². The number of carboxylic acids is 5. The van der Waals surface area contributed by atoms with Crippen LogP contribution in [0.4, 0.5) is 4.79 Å². The molecule has 0 spiro atoms. The van der Waals surface area contributed by atoms with Crippen molar-refractivity contribution in [3.8, 4) is 0 Å². The molecular formula is C44H68N10O16. The van der Waals surface area contributed by atoms with Gasteiger partial charge in [0.1, 0.15) is 18.1 Å². The number of carboxylic acid groups (broad SMARTS) is 5. The van der Waals surface area contributed by atoms with Gasteiger partial charge in [0.15, 0.2) is 0 Å². The highest BCUT2D eigenvalue weighted by Gasteiger charge is 2.26. The lowest BCUT2D eigenvalue weighted by Gasteiger charge is -2.24. The lowest BCUT2D eigenvalue weighted by atomic mass is 10.0. The largest absolute Gasteiger partial charge is 0.481 e. The summed E-state index contributed by atoms with van der Waals surface area (Å²) < 4.78 is 0. The summed E-state index contributed by atoms with van der Waals surface area (Å²) >= 11 is 0. The summed E-state index contributed by atoms with van der Waals surface area (Å²) in [4.78, 5) is 137. The van der Waals surface area contributed by atoms with E-state index < -0.39 is 91.1 Å². The number of aliphatic carboxylic acids is 5. The number of nitrogens with zero attached hydrogens (tertiary/aromatic N) is 3. The van der Waals surface area contributed by atoms with Gasteiger partial charge in [-0.05, 0) is 31.2 Å². The maximum atomic E-state index is 13.2. The average molecular weight is 993 g/mol. The van der Waals surface area contributed by atoms with E-state index in [9.17, 15) is 73.2 Å². The highest BCUT2D eigenvalue weighted by atomic mass is 16.4. The molecule has 2 rings (SSSR count). The first-order chi connectivity index (χ1) is 33.3. The highest BCUT2D eigenvalue weighted by molar-refractivity contribution is 5.91. The second-order valence-corrected chi connectivity index (χ2v) is 16.6. The predicted molar refractivity (Wildman–Crippen MR) is 247 cm³/mol. The Morgan fingerprint density at radius 3 is 1.47 bits per heavy atom. The third-order valence-electron chi connectivity index (χ3n) is 10.8. The van der Waals surface area contributed by atoms with Gasteiger partial charge in [0, 0.05) is 84.6 Å². The number of hydrogen-bond donors (Lipinski definition) is 12. The monoisotopic (exact) mass is 992 g/mol. The minimum Gasteiger partial charge on any atom is -0.481 e. The molecule has 390 valence electrons. The molecule has 1 fully saturated rings. The number of carbonyl (C=O) groups is 11. The van der Waals surface area contributed by atoms with E-state index in [1.54, 1.807) is 39.0 Å². The zero-order valence-electron chi connectivity index (χ0n) is 39.2. The summed E-state index contributed by atoms with van der Waals surface area (Å²) in [6.07, 6.45) is 1.98. The molecule has 12 N–H and O–H groups in total. The van der Waals surface area contributed by atoms with Gasteiger partial charge in [0.25, 0.3) is 0 Å². The third-order valence-corrected chi connectivity index (χ3v) is 10.8. The summed E-state index contributed by atoms with van der Waals surface area (Å²) in [6.45, 7) is 1.80. The number of amides is 7. The average Bonchev–Trinajstić information content (AvgIpc) is 3.37. The van der Waals surface area contributed by atoms with Gasteiger partial charge in [-0.15, -0.1) is 0 Å². The van der Waals surface area contributed by atoms with Crippen molar-refractivity contribution in [3.63, 3.8) is 0 Å². The number of unbranched alkanes of at least 4 members (excludes halogenated alkanes) is 4. The summed E-state index contributed by atoms with van der Waals surface area (Å²) in [5.41, 5.74) is 0.778. The highest BCUT2D eigenvalue weighted by Crippen LogP contribution is 2.09. The first-order valence-corrected chi connectivity index (χ1v) is 23.1. The van der Waals surface area contributed by atoms with Crippen molar-refractivity contribution in [3.05, 3.63) is 35.9 Å². The van der Waals surface area contributed by atoms with E-state index in [2.05, 4.69) is 31.9 Å². The SMILES string of the molecule is O=C(O)CCC(NC(=O)NC(CCC(=O)NCCCCCCCC(=O)N[C@@H](Cc1ccccc1)C(=O)NCC(=O)NCCNC(=O)CN1CCN(CC(=O)O)CCN(CC(=O)O)CC1)C(=O)O)C(=O)O. The Labute approximate surface area is 404 Å². The summed E-state index contributed by atoms with van der Waals surface area (Å²) in [7, 11) is 0. The standard InChI is InChI=1S/C44H68N10O16/c55-34(14-12-31(42(66)67)50-44(70)51-32(43(68)69)13-15-38(59)60)45-16-8-3-1-2-7-11-35(56)49-33(25-30-9-5-4-6-10-30)41(65)48-26-36(57)46-17-18-47-37(58)27-52-19-21-53(28-39(61)62)23-24-54(22-20-52)29-40(63)64/h4-6,9-10,31-33H,1-3,7-8,11-29H2,(H,45,55)(H,46,57)(H,47,58)(H,48,65)(H,49,56)(H,59,60)(H,61,62)(H,63,64)(H,66,67)(H,68,69)(H2,50,51,70)/t31?,32?,33-/m0/s1. The molecule has 0 aromatic heterocycles. The minimum absolute atomic E-state index is 0.0283. The van der Waals surface area contributed by atoms with Crippen LogP contribution in [0.25, 0.3) is 0 Å². The van der Waals surface area contributed by atoms with Crippen molar-refractivity contribution in [1.82, 2.24) is 51.9 Å². The van der Waals surface area contributed by atoms with Crippen LogP contribution in [0, 0.1) is 0 Å². The fourth-order valence-electron chi connectivity index (χ4n) is 7.06. The lowest BCUT2D eigenvalue weighted by molar-refractivity contribution is -0.141. The first kappa shape index (κ1) is 59.2. The van der Waals surface area contributed by atoms with E-state index in [1.807, 2.05) is 11.4 Å². The minimum atomic E-state index is -1.56.